The van der Waals surface area contributed by atoms with Gasteiger partial charge in [-0.25, -0.2) is 0 Å². The molecular formula is C17H29N4PS. The maximum Gasteiger partial charge on any atom is 0.166 e. The molecule has 23 heavy (non-hydrogen) atoms. The Balaban J connectivity index is 2.13. The molecule has 1 aliphatic rings. The summed E-state index contributed by atoms with van der Waals surface area (Å²) in [6.07, 6.45) is 2.30. The zero-order valence-corrected chi connectivity index (χ0v) is 16.5. The van der Waals surface area contributed by atoms with Crippen molar-refractivity contribution in [1.29, 1.82) is 0 Å². The topological polar surface area (TPSA) is 30.5 Å². The Morgan fingerprint density at radius 1 is 1.09 bits per heavy atom. The fraction of sp³-hybridized carbons (Fsp3) is 0.588. The molecule has 4 nitrogen and oxygen atoms in total. The van der Waals surface area contributed by atoms with Crippen LogP contribution in [0, 0.1) is 0 Å². The molecule has 0 radical (unpaired) electrons. The van der Waals surface area contributed by atoms with Gasteiger partial charge in [-0.05, 0) is 58.5 Å². The van der Waals surface area contributed by atoms with Crippen LogP contribution < -0.4 is 20.0 Å². The molecule has 0 atom stereocenters. The number of para-hydroxylation sites is 2. The van der Waals surface area contributed by atoms with Crippen molar-refractivity contribution < 1.29 is 0 Å². The van der Waals surface area contributed by atoms with Crippen LogP contribution in [-0.2, 0) is 0 Å². The summed E-state index contributed by atoms with van der Waals surface area (Å²) in [5, 5.41) is 6.96. The van der Waals surface area contributed by atoms with Gasteiger partial charge in [0.25, 0.3) is 0 Å². The van der Waals surface area contributed by atoms with Gasteiger partial charge in [0.15, 0.2) is 5.11 Å². The van der Waals surface area contributed by atoms with Crippen molar-refractivity contribution in [1.82, 2.24) is 10.6 Å². The van der Waals surface area contributed by atoms with Gasteiger partial charge in [0.05, 0.1) is 19.6 Å². The molecule has 1 aromatic rings. The van der Waals surface area contributed by atoms with Crippen molar-refractivity contribution in [2.75, 3.05) is 29.1 Å². The Labute approximate surface area is 147 Å². The largest absolute Gasteiger partial charge is 0.366 e. The number of thiocarbonyl (C=S) groups is 1. The summed E-state index contributed by atoms with van der Waals surface area (Å²) in [6.45, 7) is 10.1. The highest BCUT2D eigenvalue weighted by atomic mass is 32.1. The first-order valence-electron chi connectivity index (χ1n) is 8.37. The van der Waals surface area contributed by atoms with Crippen molar-refractivity contribution >= 4 is 36.9 Å². The first-order valence-corrected chi connectivity index (χ1v) is 10.2. The third-order valence-corrected chi connectivity index (χ3v) is 7.31. The van der Waals surface area contributed by atoms with E-state index in [1.807, 2.05) is 7.05 Å². The van der Waals surface area contributed by atoms with Crippen LogP contribution in [0.1, 0.15) is 34.1 Å². The van der Waals surface area contributed by atoms with Gasteiger partial charge in [-0.1, -0.05) is 12.1 Å². The number of nitrogens with one attached hydrogen (secondary N) is 2. The first kappa shape index (κ1) is 18.3. The molecule has 0 aromatic heterocycles. The Kier molecular flexibility index (Phi) is 6.49. The summed E-state index contributed by atoms with van der Waals surface area (Å²) in [6, 6.07) is 9.86. The molecule has 2 N–H and O–H groups in total. The summed E-state index contributed by atoms with van der Waals surface area (Å²) in [5.74, 6) is 0. The van der Waals surface area contributed by atoms with E-state index in [0.29, 0.717) is 12.1 Å². The zero-order chi connectivity index (χ0) is 17.0. The second kappa shape index (κ2) is 8.16. The highest BCUT2D eigenvalue weighted by Crippen LogP contribution is 2.61. The van der Waals surface area contributed by atoms with E-state index in [4.69, 9.17) is 12.2 Å². The number of hydrogen-bond donors (Lipinski definition) is 2. The van der Waals surface area contributed by atoms with Gasteiger partial charge in [-0.15, -0.1) is 0 Å². The van der Waals surface area contributed by atoms with Crippen molar-refractivity contribution in [3.8, 4) is 0 Å². The molecule has 1 heterocycles. The Morgan fingerprint density at radius 3 is 2.04 bits per heavy atom. The molecule has 2 rings (SSSR count). The Hall–Kier alpha value is -1.06. The average Bonchev–Trinajstić information content (AvgIpc) is 2.85. The lowest BCUT2D eigenvalue weighted by molar-refractivity contribution is 0.794. The minimum atomic E-state index is -0.350. The Bertz CT molecular complexity index is 500. The predicted molar refractivity (Wildman–Crippen MR) is 108 cm³/mol. The molecule has 128 valence electrons. The van der Waals surface area contributed by atoms with Gasteiger partial charge < -0.3 is 20.0 Å². The van der Waals surface area contributed by atoms with Crippen LogP contribution in [0.15, 0.2) is 24.3 Å². The predicted octanol–water partition coefficient (Wildman–Crippen LogP) is 3.93. The summed E-state index contributed by atoms with van der Waals surface area (Å²) >= 11 is 5.15. The van der Waals surface area contributed by atoms with E-state index in [-0.39, 0.29) is 8.22 Å². The molecule has 0 bridgehead atoms. The SMILES string of the molecule is CNC(=S)NCCCP1N(C(C)C)c2ccccc2N1C(C)C. The van der Waals surface area contributed by atoms with Crippen molar-refractivity contribution in [2.45, 2.75) is 46.2 Å². The normalized spacial score (nSPS) is 14.6. The van der Waals surface area contributed by atoms with Crippen LogP contribution in [0.4, 0.5) is 11.4 Å². The second-order valence-corrected chi connectivity index (χ2v) is 8.78. The van der Waals surface area contributed by atoms with Crippen molar-refractivity contribution in [3.05, 3.63) is 24.3 Å². The van der Waals surface area contributed by atoms with E-state index in [2.05, 4.69) is 71.9 Å². The van der Waals surface area contributed by atoms with Gasteiger partial charge in [-0.3, -0.25) is 0 Å². The lowest BCUT2D eigenvalue weighted by atomic mass is 10.2. The van der Waals surface area contributed by atoms with Crippen LogP contribution in [0.2, 0.25) is 0 Å². The first-order chi connectivity index (χ1) is 11.0. The van der Waals surface area contributed by atoms with Crippen LogP contribution in [-0.4, -0.2) is 37.0 Å². The summed E-state index contributed by atoms with van der Waals surface area (Å²) in [5.41, 5.74) is 2.78. The van der Waals surface area contributed by atoms with Gasteiger partial charge in [0, 0.05) is 31.8 Å². The van der Waals surface area contributed by atoms with Gasteiger partial charge >= 0.3 is 0 Å². The van der Waals surface area contributed by atoms with Gasteiger partial charge in [0.1, 0.15) is 0 Å². The number of nitrogens with zero attached hydrogens (tertiary/aromatic N) is 2. The van der Waals surface area contributed by atoms with E-state index in [1.54, 1.807) is 0 Å². The maximum atomic E-state index is 5.15. The van der Waals surface area contributed by atoms with Gasteiger partial charge in [0.2, 0.25) is 0 Å². The van der Waals surface area contributed by atoms with Crippen LogP contribution in [0.25, 0.3) is 0 Å². The lowest BCUT2D eigenvalue weighted by Crippen LogP contribution is -2.35. The number of hydrogen-bond acceptors (Lipinski definition) is 3. The molecule has 1 aliphatic heterocycles. The summed E-state index contributed by atoms with van der Waals surface area (Å²) < 4.78 is 5.25. The molecule has 0 spiro atoms. The van der Waals surface area contributed by atoms with Crippen molar-refractivity contribution in [2.24, 2.45) is 0 Å². The van der Waals surface area contributed by atoms with Gasteiger partial charge in [-0.2, -0.15) is 0 Å². The van der Waals surface area contributed by atoms with Crippen LogP contribution in [0.5, 0.6) is 0 Å². The summed E-state index contributed by atoms with van der Waals surface area (Å²) in [4.78, 5) is 0. The average molecular weight is 352 g/mol. The quantitative estimate of drug-likeness (QED) is 0.460. The highest BCUT2D eigenvalue weighted by molar-refractivity contribution is 7.80. The van der Waals surface area contributed by atoms with E-state index in [0.717, 1.165) is 18.1 Å². The number of anilines is 2. The standard InChI is InChI=1S/C17H29N4PS/c1-13(2)20-15-9-6-7-10-16(15)21(14(3)4)22(20)12-8-11-19-17(23)18-5/h6-7,9-10,13-14H,8,11-12H2,1-5H3,(H2,18,19,23). The van der Waals surface area contributed by atoms with E-state index in [1.165, 1.54) is 17.5 Å². The highest BCUT2D eigenvalue weighted by Gasteiger charge is 2.38. The second-order valence-electron chi connectivity index (χ2n) is 6.32. The van der Waals surface area contributed by atoms with Crippen LogP contribution >= 0.6 is 20.4 Å². The third kappa shape index (κ3) is 4.07. The molecule has 0 saturated carbocycles. The molecule has 0 aliphatic carbocycles. The smallest absolute Gasteiger partial charge is 0.166 e. The molecule has 1 aromatic carbocycles. The lowest BCUT2D eigenvalue weighted by Gasteiger charge is -2.37. The van der Waals surface area contributed by atoms with E-state index < -0.39 is 0 Å². The van der Waals surface area contributed by atoms with E-state index >= 15 is 0 Å². The molecule has 0 amide bonds. The van der Waals surface area contributed by atoms with Crippen molar-refractivity contribution in [3.63, 3.8) is 0 Å². The Morgan fingerprint density at radius 2 is 1.61 bits per heavy atom. The summed E-state index contributed by atoms with van der Waals surface area (Å²) in [7, 11) is 1.51. The molecular weight excluding hydrogens is 323 g/mol. The maximum absolute atomic E-state index is 5.15. The zero-order valence-electron chi connectivity index (χ0n) is 14.8. The minimum Gasteiger partial charge on any atom is -0.366 e. The molecule has 0 fully saturated rings. The fourth-order valence-corrected chi connectivity index (χ4v) is 6.10. The van der Waals surface area contributed by atoms with E-state index in [9.17, 15) is 0 Å². The molecule has 6 heteroatoms. The minimum absolute atomic E-state index is 0.350. The third-order valence-electron chi connectivity index (χ3n) is 3.90. The number of rotatable bonds is 6. The number of benzene rings is 1. The van der Waals surface area contributed by atoms with Crippen LogP contribution in [0.3, 0.4) is 0 Å². The number of fused-ring (bicyclic) bond motifs is 1. The molecule has 0 unspecified atom stereocenters. The fourth-order valence-electron chi connectivity index (χ4n) is 3.02. The monoisotopic (exact) mass is 352 g/mol. The molecule has 0 saturated heterocycles.